The lowest BCUT2D eigenvalue weighted by Crippen LogP contribution is -2.24. The SMILES string of the molecule is COc1cc(CNC(=O)c2cccn2C)on1. The van der Waals surface area contributed by atoms with Crippen LogP contribution in [0.1, 0.15) is 16.2 Å². The Hall–Kier alpha value is -2.24. The zero-order valence-electron chi connectivity index (χ0n) is 9.64. The minimum absolute atomic E-state index is 0.159. The molecule has 6 nitrogen and oxygen atoms in total. The molecule has 0 fully saturated rings. The van der Waals surface area contributed by atoms with Gasteiger partial charge in [-0.1, -0.05) is 0 Å². The number of amides is 1. The summed E-state index contributed by atoms with van der Waals surface area (Å²) in [5.74, 6) is 0.783. The van der Waals surface area contributed by atoms with Crippen LogP contribution in [0.2, 0.25) is 0 Å². The quantitative estimate of drug-likeness (QED) is 0.856. The number of hydrogen-bond acceptors (Lipinski definition) is 4. The van der Waals surface area contributed by atoms with E-state index in [-0.39, 0.29) is 12.5 Å². The van der Waals surface area contributed by atoms with Gasteiger partial charge in [-0.25, -0.2) is 0 Å². The second-order valence-corrected chi connectivity index (χ2v) is 3.52. The second kappa shape index (κ2) is 4.73. The molecule has 1 N–H and O–H groups in total. The van der Waals surface area contributed by atoms with Gasteiger partial charge in [0.05, 0.1) is 13.7 Å². The molecule has 0 unspecified atom stereocenters. The van der Waals surface area contributed by atoms with Gasteiger partial charge < -0.3 is 19.1 Å². The summed E-state index contributed by atoms with van der Waals surface area (Å²) in [7, 11) is 3.32. The van der Waals surface area contributed by atoms with Gasteiger partial charge in [0, 0.05) is 19.3 Å². The first-order chi connectivity index (χ1) is 8.20. The van der Waals surface area contributed by atoms with Gasteiger partial charge in [0.25, 0.3) is 11.8 Å². The van der Waals surface area contributed by atoms with Crippen molar-refractivity contribution in [1.82, 2.24) is 15.0 Å². The summed E-state index contributed by atoms with van der Waals surface area (Å²) >= 11 is 0. The van der Waals surface area contributed by atoms with Crippen molar-refractivity contribution in [3.05, 3.63) is 35.9 Å². The molecule has 0 aliphatic heterocycles. The number of nitrogens with zero attached hydrogens (tertiary/aromatic N) is 2. The van der Waals surface area contributed by atoms with Crippen LogP contribution in [0.5, 0.6) is 5.88 Å². The number of carbonyl (C=O) groups is 1. The molecule has 0 bridgehead atoms. The van der Waals surface area contributed by atoms with Gasteiger partial charge >= 0.3 is 0 Å². The largest absolute Gasteiger partial charge is 0.479 e. The Morgan fingerprint density at radius 2 is 2.47 bits per heavy atom. The molecule has 6 heteroatoms. The van der Waals surface area contributed by atoms with Crippen LogP contribution in [0, 0.1) is 0 Å². The van der Waals surface area contributed by atoms with Gasteiger partial charge in [-0.05, 0) is 17.3 Å². The fraction of sp³-hybridized carbons (Fsp3) is 0.273. The zero-order chi connectivity index (χ0) is 12.3. The normalized spacial score (nSPS) is 10.2. The molecular formula is C11H13N3O3. The number of nitrogens with one attached hydrogen (secondary N) is 1. The molecule has 1 amide bonds. The van der Waals surface area contributed by atoms with Crippen LogP contribution in [0.3, 0.4) is 0 Å². The maximum absolute atomic E-state index is 11.8. The molecule has 0 radical (unpaired) electrons. The highest BCUT2D eigenvalue weighted by molar-refractivity contribution is 5.92. The Bertz CT molecular complexity index is 516. The van der Waals surface area contributed by atoms with Crippen molar-refractivity contribution in [3.8, 4) is 5.88 Å². The molecule has 2 aromatic rings. The van der Waals surface area contributed by atoms with Gasteiger partial charge in [0.1, 0.15) is 5.69 Å². The predicted octanol–water partition coefficient (Wildman–Crippen LogP) is 0.952. The standard InChI is InChI=1S/C11H13N3O3/c1-14-5-3-4-9(14)11(15)12-7-8-6-10(16-2)13-17-8/h3-6H,7H2,1-2H3,(H,12,15). The summed E-state index contributed by atoms with van der Waals surface area (Å²) in [6.45, 7) is 0.278. The fourth-order valence-electron chi connectivity index (χ4n) is 1.43. The van der Waals surface area contributed by atoms with Crippen LogP contribution in [0.25, 0.3) is 0 Å². The lowest BCUT2D eigenvalue weighted by atomic mass is 10.4. The van der Waals surface area contributed by atoms with Crippen molar-refractivity contribution in [2.24, 2.45) is 7.05 Å². The van der Waals surface area contributed by atoms with Crippen molar-refractivity contribution in [2.75, 3.05) is 7.11 Å². The molecule has 0 spiro atoms. The zero-order valence-corrected chi connectivity index (χ0v) is 9.64. The van der Waals surface area contributed by atoms with Gasteiger partial charge in [-0.15, -0.1) is 0 Å². The Morgan fingerprint density at radius 1 is 1.65 bits per heavy atom. The number of hydrogen-bond donors (Lipinski definition) is 1. The Morgan fingerprint density at radius 3 is 3.06 bits per heavy atom. The molecule has 17 heavy (non-hydrogen) atoms. The van der Waals surface area contributed by atoms with E-state index < -0.39 is 0 Å². The molecular weight excluding hydrogens is 222 g/mol. The van der Waals surface area contributed by atoms with Crippen molar-refractivity contribution in [2.45, 2.75) is 6.54 Å². The Balaban J connectivity index is 1.94. The highest BCUT2D eigenvalue weighted by Gasteiger charge is 2.10. The Kier molecular flexibility index (Phi) is 3.13. The molecule has 0 aromatic carbocycles. The monoisotopic (exact) mass is 235 g/mol. The number of ether oxygens (including phenoxy) is 1. The fourth-order valence-corrected chi connectivity index (χ4v) is 1.43. The first-order valence-electron chi connectivity index (χ1n) is 5.10. The van der Waals surface area contributed by atoms with Crippen molar-refractivity contribution < 1.29 is 14.1 Å². The van der Waals surface area contributed by atoms with Crippen LogP contribution in [0.15, 0.2) is 28.9 Å². The summed E-state index contributed by atoms with van der Waals surface area (Å²) in [6.07, 6.45) is 1.81. The van der Waals surface area contributed by atoms with E-state index in [4.69, 9.17) is 9.26 Å². The molecule has 0 atom stereocenters. The maximum Gasteiger partial charge on any atom is 0.268 e. The van der Waals surface area contributed by atoms with Gasteiger partial charge in [0.15, 0.2) is 5.76 Å². The van der Waals surface area contributed by atoms with E-state index in [1.54, 1.807) is 16.7 Å². The van der Waals surface area contributed by atoms with Crippen LogP contribution in [0.4, 0.5) is 0 Å². The summed E-state index contributed by atoms with van der Waals surface area (Å²) < 4.78 is 11.6. The summed E-state index contributed by atoms with van der Waals surface area (Å²) in [6, 6.07) is 5.19. The minimum Gasteiger partial charge on any atom is -0.479 e. The number of aryl methyl sites for hydroxylation is 1. The topological polar surface area (TPSA) is 69.3 Å². The van der Waals surface area contributed by atoms with Crippen molar-refractivity contribution in [1.29, 1.82) is 0 Å². The molecule has 0 saturated carbocycles. The smallest absolute Gasteiger partial charge is 0.268 e. The van der Waals surface area contributed by atoms with Crippen LogP contribution in [-0.2, 0) is 13.6 Å². The predicted molar refractivity (Wildman–Crippen MR) is 59.6 cm³/mol. The molecule has 90 valence electrons. The first kappa shape index (κ1) is 11.3. The van der Waals surface area contributed by atoms with E-state index in [0.29, 0.717) is 17.3 Å². The lowest BCUT2D eigenvalue weighted by molar-refractivity contribution is 0.0939. The average molecular weight is 235 g/mol. The van der Waals surface area contributed by atoms with Crippen LogP contribution < -0.4 is 10.1 Å². The highest BCUT2D eigenvalue weighted by atomic mass is 16.5. The molecule has 0 saturated heterocycles. The molecule has 0 aliphatic carbocycles. The molecule has 2 aromatic heterocycles. The van der Waals surface area contributed by atoms with E-state index in [1.165, 1.54) is 7.11 Å². The third kappa shape index (κ3) is 2.47. The van der Waals surface area contributed by atoms with E-state index in [9.17, 15) is 4.79 Å². The number of aromatic nitrogens is 2. The van der Waals surface area contributed by atoms with E-state index in [2.05, 4.69) is 10.5 Å². The second-order valence-electron chi connectivity index (χ2n) is 3.52. The van der Waals surface area contributed by atoms with Crippen LogP contribution >= 0.6 is 0 Å². The highest BCUT2D eigenvalue weighted by Crippen LogP contribution is 2.10. The maximum atomic E-state index is 11.8. The number of methoxy groups -OCH3 is 1. The van der Waals surface area contributed by atoms with Gasteiger partial charge in [-0.3, -0.25) is 4.79 Å². The molecule has 0 aliphatic rings. The van der Waals surface area contributed by atoms with Crippen molar-refractivity contribution >= 4 is 5.91 Å². The van der Waals surface area contributed by atoms with Gasteiger partial charge in [0.2, 0.25) is 0 Å². The van der Waals surface area contributed by atoms with E-state index in [0.717, 1.165) is 0 Å². The summed E-state index contributed by atoms with van der Waals surface area (Å²) in [5.41, 5.74) is 0.594. The third-order valence-electron chi connectivity index (χ3n) is 2.35. The molecule has 2 heterocycles. The van der Waals surface area contributed by atoms with E-state index >= 15 is 0 Å². The lowest BCUT2D eigenvalue weighted by Gasteiger charge is -2.03. The third-order valence-corrected chi connectivity index (χ3v) is 2.35. The van der Waals surface area contributed by atoms with Crippen LogP contribution in [-0.4, -0.2) is 22.7 Å². The Labute approximate surface area is 98.2 Å². The molecule has 2 rings (SSSR count). The minimum atomic E-state index is -0.159. The average Bonchev–Trinajstić information content (AvgIpc) is 2.94. The number of rotatable bonds is 4. The number of carbonyl (C=O) groups excluding carboxylic acids is 1. The summed E-state index contributed by atoms with van der Waals surface area (Å²) in [4.78, 5) is 11.8. The van der Waals surface area contributed by atoms with E-state index in [1.807, 2.05) is 19.3 Å². The van der Waals surface area contributed by atoms with Gasteiger partial charge in [-0.2, -0.15) is 0 Å². The van der Waals surface area contributed by atoms with Crippen molar-refractivity contribution in [3.63, 3.8) is 0 Å². The first-order valence-corrected chi connectivity index (χ1v) is 5.10. The summed E-state index contributed by atoms with van der Waals surface area (Å²) in [5, 5.41) is 6.37.